The van der Waals surface area contributed by atoms with Gasteiger partial charge in [0, 0.05) is 34.5 Å². The first-order chi connectivity index (χ1) is 26.6. The molecule has 3 aromatic heterocycles. The molecule has 0 spiro atoms. The van der Waals surface area contributed by atoms with E-state index in [-0.39, 0.29) is 31.9 Å². The van der Waals surface area contributed by atoms with Crippen molar-refractivity contribution in [2.24, 2.45) is 5.92 Å². The van der Waals surface area contributed by atoms with Crippen LogP contribution in [-0.4, -0.2) is 19.3 Å². The molecule has 0 aliphatic carbocycles. The van der Waals surface area contributed by atoms with E-state index in [0.29, 0.717) is 17.4 Å². The molecule has 0 bridgehead atoms. The van der Waals surface area contributed by atoms with Gasteiger partial charge in [-0.25, -0.2) is 4.98 Å². The van der Waals surface area contributed by atoms with E-state index in [1.54, 1.807) is 0 Å². The van der Waals surface area contributed by atoms with Gasteiger partial charge in [-0.1, -0.05) is 130 Å². The first-order valence-corrected chi connectivity index (χ1v) is 20.5. The van der Waals surface area contributed by atoms with Gasteiger partial charge in [-0.2, -0.15) is 11.2 Å². The molecule has 0 amide bonds. The van der Waals surface area contributed by atoms with E-state index < -0.39 is 0 Å². The Labute approximate surface area is 355 Å². The third-order valence-corrected chi connectivity index (χ3v) is 11.2. The number of hydrogen-bond donors (Lipinski definition) is 0. The Kier molecular flexibility index (Phi) is 12.4. The zero-order valence-electron chi connectivity index (χ0n) is 35.7. The Morgan fingerprint density at radius 1 is 0.754 bits per heavy atom. The van der Waals surface area contributed by atoms with Crippen LogP contribution < -0.4 is 4.74 Å². The van der Waals surface area contributed by atoms with Crippen LogP contribution in [0.15, 0.2) is 91.1 Å². The Morgan fingerprint density at radius 2 is 1.49 bits per heavy atom. The van der Waals surface area contributed by atoms with Gasteiger partial charge in [0.05, 0.1) is 5.69 Å². The van der Waals surface area contributed by atoms with Crippen molar-refractivity contribution in [2.45, 2.75) is 119 Å². The minimum atomic E-state index is -0.133. The Balaban J connectivity index is 0.00000549. The maximum Gasteiger partial charge on any atom is 2.00 e. The summed E-state index contributed by atoms with van der Waals surface area (Å²) in [5.41, 5.74) is 11.0. The molecule has 298 valence electrons. The van der Waals surface area contributed by atoms with Crippen LogP contribution in [0.25, 0.3) is 44.4 Å². The minimum absolute atomic E-state index is 0. The van der Waals surface area contributed by atoms with Crippen molar-refractivity contribution in [2.75, 3.05) is 0 Å². The number of hydrogen-bond acceptors (Lipinski definition) is 3. The molecule has 7 rings (SSSR count). The molecule has 0 radical (unpaired) electrons. The topological polar surface area (TPSA) is 44.9 Å². The summed E-state index contributed by atoms with van der Waals surface area (Å²) in [5, 5.41) is 7.43. The summed E-state index contributed by atoms with van der Waals surface area (Å²) in [7, 11) is 0. The number of rotatable bonds is 11. The van der Waals surface area contributed by atoms with Gasteiger partial charge < -0.3 is 9.30 Å². The SMILES string of the molecule is CCc1c(-c2ccccc2)c(C)nn1-c1[c-]c(Oc2[c-]c3c(cc2)c2cc(C(C)CCCC(C)C)ccc2n3-c2cc(C(C)(C)C)ccn2)cc(C(C)(C)C)c1.[Pt+2]. The van der Waals surface area contributed by atoms with Crippen molar-refractivity contribution in [3.8, 4) is 34.1 Å². The number of benzene rings is 4. The fourth-order valence-corrected chi connectivity index (χ4v) is 7.88. The molecule has 1 unspecified atom stereocenters. The molecular formula is C51H58N4OPt. The van der Waals surface area contributed by atoms with E-state index in [1.165, 1.54) is 46.9 Å². The van der Waals surface area contributed by atoms with Gasteiger partial charge in [0.1, 0.15) is 5.82 Å². The summed E-state index contributed by atoms with van der Waals surface area (Å²) in [4.78, 5) is 4.94. The van der Waals surface area contributed by atoms with Crippen molar-refractivity contribution in [1.82, 2.24) is 19.3 Å². The Bertz CT molecular complexity index is 2490. The fourth-order valence-electron chi connectivity index (χ4n) is 7.88. The van der Waals surface area contributed by atoms with Crippen molar-refractivity contribution in [3.05, 3.63) is 131 Å². The van der Waals surface area contributed by atoms with Crippen molar-refractivity contribution < 1.29 is 25.8 Å². The summed E-state index contributed by atoms with van der Waals surface area (Å²) in [6.07, 6.45) is 6.43. The maximum absolute atomic E-state index is 6.78. The monoisotopic (exact) mass is 937 g/mol. The van der Waals surface area contributed by atoms with Crippen molar-refractivity contribution in [1.29, 1.82) is 0 Å². The molecule has 57 heavy (non-hydrogen) atoms. The molecule has 0 saturated carbocycles. The van der Waals surface area contributed by atoms with Crippen LogP contribution in [0.4, 0.5) is 0 Å². The van der Waals surface area contributed by atoms with E-state index >= 15 is 0 Å². The van der Waals surface area contributed by atoms with Gasteiger partial charge in [-0.05, 0) is 88.4 Å². The third kappa shape index (κ3) is 8.85. The van der Waals surface area contributed by atoms with Crippen LogP contribution >= 0.6 is 0 Å². The molecule has 5 nitrogen and oxygen atoms in total. The summed E-state index contributed by atoms with van der Waals surface area (Å²) in [6, 6.07) is 37.7. The third-order valence-electron chi connectivity index (χ3n) is 11.2. The summed E-state index contributed by atoms with van der Waals surface area (Å²) in [6.45, 7) is 24.7. The average molecular weight is 938 g/mol. The van der Waals surface area contributed by atoms with Crippen molar-refractivity contribution in [3.63, 3.8) is 0 Å². The number of fused-ring (bicyclic) bond motifs is 3. The van der Waals surface area contributed by atoms with Gasteiger partial charge in [0.25, 0.3) is 0 Å². The number of nitrogens with zero attached hydrogens (tertiary/aromatic N) is 4. The largest absolute Gasteiger partial charge is 2.00 e. The number of ether oxygens (including phenoxy) is 1. The Hall–Kier alpha value is -4.47. The van der Waals surface area contributed by atoms with E-state index in [0.717, 1.165) is 57.2 Å². The second-order valence-electron chi connectivity index (χ2n) is 18.1. The van der Waals surface area contributed by atoms with E-state index in [1.807, 2.05) is 12.3 Å². The van der Waals surface area contributed by atoms with Gasteiger partial charge in [0.2, 0.25) is 0 Å². The van der Waals surface area contributed by atoms with Crippen LogP contribution in [0.1, 0.15) is 122 Å². The molecular weight excluding hydrogens is 880 g/mol. The molecule has 6 heteroatoms. The van der Waals surface area contributed by atoms with Crippen LogP contribution in [0, 0.1) is 25.0 Å². The normalized spacial score (nSPS) is 12.7. The molecule has 0 aliphatic rings. The van der Waals surface area contributed by atoms with Gasteiger partial charge in [0.15, 0.2) is 0 Å². The molecule has 0 aliphatic heterocycles. The first-order valence-electron chi connectivity index (χ1n) is 20.5. The Morgan fingerprint density at radius 3 is 2.18 bits per heavy atom. The van der Waals surface area contributed by atoms with Crippen LogP contribution in [-0.2, 0) is 38.3 Å². The van der Waals surface area contributed by atoms with E-state index in [2.05, 4.69) is 176 Å². The van der Waals surface area contributed by atoms with Crippen LogP contribution in [0.5, 0.6) is 11.5 Å². The summed E-state index contributed by atoms with van der Waals surface area (Å²) in [5.74, 6) is 3.33. The van der Waals surface area contributed by atoms with Gasteiger partial charge in [-0.15, -0.1) is 41.3 Å². The molecule has 3 heterocycles. The maximum atomic E-state index is 6.78. The first kappa shape index (κ1) is 42.1. The van der Waals surface area contributed by atoms with Crippen LogP contribution in [0.3, 0.4) is 0 Å². The van der Waals surface area contributed by atoms with Crippen molar-refractivity contribution >= 4 is 21.8 Å². The fraction of sp³-hybridized carbons (Fsp3) is 0.373. The zero-order chi connectivity index (χ0) is 39.9. The molecule has 0 N–H and O–H groups in total. The molecule has 4 aromatic carbocycles. The second kappa shape index (κ2) is 16.8. The zero-order valence-corrected chi connectivity index (χ0v) is 37.9. The minimum Gasteiger partial charge on any atom is -0.509 e. The standard InChI is InChI=1S/C51H58N4O.Pt/c1-12-45-49(36-19-14-13-15-20-36)35(5)53-55(45)40-28-39(51(9,10)11)29-42(31-40)56-41-22-23-43-44-27-37(34(4)18-16-17-33(2)3)21-24-46(44)54(47(43)32-41)48-30-38(25-26-52-48)50(6,7)8;/h13-15,19-30,33-34H,12,16-18H2,1-11H3;/q-2;+2. The molecule has 0 fully saturated rings. The van der Waals surface area contributed by atoms with Gasteiger partial charge in [-0.3, -0.25) is 4.68 Å². The summed E-state index contributed by atoms with van der Waals surface area (Å²) >= 11 is 0. The summed E-state index contributed by atoms with van der Waals surface area (Å²) < 4.78 is 11.1. The van der Waals surface area contributed by atoms with E-state index in [4.69, 9.17) is 14.8 Å². The van der Waals surface area contributed by atoms with Gasteiger partial charge >= 0.3 is 21.1 Å². The van der Waals surface area contributed by atoms with E-state index in [9.17, 15) is 0 Å². The molecule has 1 atom stereocenters. The number of pyridine rings is 1. The second-order valence-corrected chi connectivity index (χ2v) is 18.1. The molecule has 0 saturated heterocycles. The predicted molar refractivity (Wildman–Crippen MR) is 234 cm³/mol. The smallest absolute Gasteiger partial charge is 0.509 e. The number of aryl methyl sites for hydroxylation is 1. The molecule has 7 aromatic rings. The quantitative estimate of drug-likeness (QED) is 0.121. The number of aromatic nitrogens is 4. The van der Waals surface area contributed by atoms with Crippen LogP contribution in [0.2, 0.25) is 0 Å². The predicted octanol–water partition coefficient (Wildman–Crippen LogP) is 13.8. The average Bonchev–Trinajstić information content (AvgIpc) is 3.67.